The van der Waals surface area contributed by atoms with E-state index in [0.717, 1.165) is 64.3 Å². The number of pyridine rings is 1. The first kappa shape index (κ1) is 17.9. The van der Waals surface area contributed by atoms with Gasteiger partial charge in [-0.1, -0.05) is 6.07 Å². The monoisotopic (exact) mass is 358 g/mol. The van der Waals surface area contributed by atoms with E-state index in [0.29, 0.717) is 18.4 Å². The lowest BCUT2D eigenvalue weighted by atomic mass is 9.82. The van der Waals surface area contributed by atoms with Crippen molar-refractivity contribution in [1.29, 1.82) is 0 Å². The Morgan fingerprint density at radius 1 is 1.27 bits per heavy atom. The van der Waals surface area contributed by atoms with Gasteiger partial charge in [-0.15, -0.1) is 0 Å². The molecule has 26 heavy (non-hydrogen) atoms. The number of carbonyl (C=O) groups is 1. The number of ether oxygens (including phenoxy) is 1. The van der Waals surface area contributed by atoms with Crippen molar-refractivity contribution in [2.24, 2.45) is 5.92 Å². The highest BCUT2D eigenvalue weighted by atomic mass is 16.5. The number of hydrogen-bond donors (Lipinski definition) is 0. The van der Waals surface area contributed by atoms with Gasteiger partial charge in [0, 0.05) is 58.3 Å². The summed E-state index contributed by atoms with van der Waals surface area (Å²) in [5, 5.41) is 0. The number of hydrogen-bond acceptors (Lipinski definition) is 5. The maximum absolute atomic E-state index is 13.4. The first-order chi connectivity index (χ1) is 12.7. The van der Waals surface area contributed by atoms with E-state index in [1.807, 2.05) is 17.2 Å². The highest BCUT2D eigenvalue weighted by Gasteiger charge is 2.49. The Kier molecular flexibility index (Phi) is 5.25. The average Bonchev–Trinajstić information content (AvgIpc) is 3.18. The summed E-state index contributed by atoms with van der Waals surface area (Å²) >= 11 is 0. The van der Waals surface area contributed by atoms with E-state index in [2.05, 4.69) is 27.9 Å². The van der Waals surface area contributed by atoms with E-state index in [4.69, 9.17) is 4.74 Å². The third kappa shape index (κ3) is 3.50. The van der Waals surface area contributed by atoms with Crippen molar-refractivity contribution < 1.29 is 9.53 Å². The quantitative estimate of drug-likeness (QED) is 0.810. The molecule has 0 aliphatic carbocycles. The van der Waals surface area contributed by atoms with Crippen molar-refractivity contribution in [3.8, 4) is 0 Å². The van der Waals surface area contributed by atoms with Gasteiger partial charge < -0.3 is 14.5 Å². The van der Waals surface area contributed by atoms with Gasteiger partial charge in [0.15, 0.2) is 0 Å². The molecule has 0 radical (unpaired) electrons. The van der Waals surface area contributed by atoms with Crippen molar-refractivity contribution in [2.45, 2.75) is 31.3 Å². The van der Waals surface area contributed by atoms with E-state index in [9.17, 15) is 4.79 Å². The SMILES string of the molecule is CN1CCN(Cc2cccnc2)C(=O)C12CCN(C[C@H]1CCOC1)CC2. The number of carbonyl (C=O) groups excluding carboxylic acids is 1. The second-order valence-corrected chi connectivity index (χ2v) is 8.07. The van der Waals surface area contributed by atoms with E-state index < -0.39 is 0 Å². The summed E-state index contributed by atoms with van der Waals surface area (Å²) in [4.78, 5) is 24.5. The van der Waals surface area contributed by atoms with Crippen LogP contribution < -0.4 is 0 Å². The number of aromatic nitrogens is 1. The Hall–Kier alpha value is -1.50. The Labute approximate surface area is 156 Å². The molecule has 1 amide bonds. The number of amides is 1. The van der Waals surface area contributed by atoms with Crippen molar-refractivity contribution in [3.05, 3.63) is 30.1 Å². The van der Waals surface area contributed by atoms with Crippen LogP contribution in [-0.2, 0) is 16.1 Å². The minimum Gasteiger partial charge on any atom is -0.381 e. The van der Waals surface area contributed by atoms with E-state index >= 15 is 0 Å². The number of likely N-dealkylation sites (tertiary alicyclic amines) is 1. The van der Waals surface area contributed by atoms with Crippen LogP contribution in [0.1, 0.15) is 24.8 Å². The van der Waals surface area contributed by atoms with Gasteiger partial charge in [-0.25, -0.2) is 0 Å². The molecule has 142 valence electrons. The van der Waals surface area contributed by atoms with Gasteiger partial charge in [0.05, 0.1) is 6.61 Å². The highest BCUT2D eigenvalue weighted by Crippen LogP contribution is 2.34. The van der Waals surface area contributed by atoms with E-state index in [1.54, 1.807) is 6.20 Å². The zero-order valence-corrected chi connectivity index (χ0v) is 15.8. The van der Waals surface area contributed by atoms with Crippen molar-refractivity contribution in [3.63, 3.8) is 0 Å². The number of rotatable bonds is 4. The van der Waals surface area contributed by atoms with Gasteiger partial charge in [0.1, 0.15) is 5.54 Å². The lowest BCUT2D eigenvalue weighted by Gasteiger charge is -2.51. The lowest BCUT2D eigenvalue weighted by molar-refractivity contribution is -0.155. The molecule has 0 N–H and O–H groups in total. The summed E-state index contributed by atoms with van der Waals surface area (Å²) in [6.45, 7) is 7.36. The summed E-state index contributed by atoms with van der Waals surface area (Å²) in [6, 6.07) is 3.99. The highest BCUT2D eigenvalue weighted by molar-refractivity contribution is 5.87. The van der Waals surface area contributed by atoms with Crippen LogP contribution in [0.15, 0.2) is 24.5 Å². The maximum atomic E-state index is 13.4. The molecule has 3 saturated heterocycles. The average molecular weight is 358 g/mol. The predicted molar refractivity (Wildman–Crippen MR) is 99.6 cm³/mol. The van der Waals surface area contributed by atoms with Crippen LogP contribution in [-0.4, -0.2) is 84.1 Å². The van der Waals surface area contributed by atoms with Crippen LogP contribution in [0, 0.1) is 5.92 Å². The molecule has 0 unspecified atom stereocenters. The summed E-state index contributed by atoms with van der Waals surface area (Å²) in [5.41, 5.74) is 0.794. The molecule has 4 rings (SSSR count). The molecular formula is C20H30N4O2. The second-order valence-electron chi connectivity index (χ2n) is 8.07. The van der Waals surface area contributed by atoms with E-state index in [1.165, 1.54) is 6.42 Å². The summed E-state index contributed by atoms with van der Waals surface area (Å²) in [5.74, 6) is 0.977. The first-order valence-corrected chi connectivity index (χ1v) is 9.87. The molecule has 3 fully saturated rings. The zero-order chi connectivity index (χ0) is 18.0. The molecule has 1 spiro atoms. The van der Waals surface area contributed by atoms with Crippen LogP contribution in [0.25, 0.3) is 0 Å². The minimum atomic E-state index is -0.316. The third-order valence-electron chi connectivity index (χ3n) is 6.44. The molecule has 3 aliphatic heterocycles. The Morgan fingerprint density at radius 2 is 2.12 bits per heavy atom. The minimum absolute atomic E-state index is 0.305. The summed E-state index contributed by atoms with van der Waals surface area (Å²) in [7, 11) is 2.12. The molecular weight excluding hydrogens is 328 g/mol. The first-order valence-electron chi connectivity index (χ1n) is 9.87. The Morgan fingerprint density at radius 3 is 2.81 bits per heavy atom. The Bertz CT molecular complexity index is 609. The van der Waals surface area contributed by atoms with Gasteiger partial charge in [0.2, 0.25) is 5.91 Å². The predicted octanol–water partition coefficient (Wildman–Crippen LogP) is 1.23. The topological polar surface area (TPSA) is 48.9 Å². The van der Waals surface area contributed by atoms with Gasteiger partial charge in [-0.2, -0.15) is 0 Å². The van der Waals surface area contributed by atoms with Crippen LogP contribution in [0.2, 0.25) is 0 Å². The molecule has 1 atom stereocenters. The lowest BCUT2D eigenvalue weighted by Crippen LogP contribution is -2.67. The second kappa shape index (κ2) is 7.62. The fourth-order valence-electron chi connectivity index (χ4n) is 4.70. The number of piperidine rings is 1. The van der Waals surface area contributed by atoms with Crippen LogP contribution in [0.3, 0.4) is 0 Å². The summed E-state index contributed by atoms with van der Waals surface area (Å²) < 4.78 is 5.51. The normalized spacial score (nSPS) is 27.3. The van der Waals surface area contributed by atoms with Gasteiger partial charge in [-0.05, 0) is 43.9 Å². The molecule has 0 aromatic carbocycles. The number of piperazine rings is 1. The van der Waals surface area contributed by atoms with E-state index in [-0.39, 0.29) is 5.54 Å². The molecule has 4 heterocycles. The van der Waals surface area contributed by atoms with Gasteiger partial charge in [0.25, 0.3) is 0 Å². The van der Waals surface area contributed by atoms with Crippen molar-refractivity contribution >= 4 is 5.91 Å². The largest absolute Gasteiger partial charge is 0.381 e. The van der Waals surface area contributed by atoms with Crippen LogP contribution in [0.5, 0.6) is 0 Å². The number of likely N-dealkylation sites (N-methyl/N-ethyl adjacent to an activating group) is 1. The molecule has 0 saturated carbocycles. The summed E-state index contributed by atoms with van der Waals surface area (Å²) in [6.07, 6.45) is 6.69. The standard InChI is InChI=1S/C20H30N4O2/c1-22-10-11-24(15-17-3-2-7-21-13-17)19(25)20(22)5-8-23(9-6-20)14-18-4-12-26-16-18/h2-3,7,13,18H,4-6,8-12,14-16H2,1H3/t18-/m1/s1. The van der Waals surface area contributed by atoms with Gasteiger partial charge in [-0.3, -0.25) is 14.7 Å². The number of nitrogens with zero attached hydrogens (tertiary/aromatic N) is 4. The molecule has 1 aromatic heterocycles. The Balaban J connectivity index is 1.40. The third-order valence-corrected chi connectivity index (χ3v) is 6.44. The zero-order valence-electron chi connectivity index (χ0n) is 15.8. The smallest absolute Gasteiger partial charge is 0.243 e. The van der Waals surface area contributed by atoms with Crippen LogP contribution >= 0.6 is 0 Å². The van der Waals surface area contributed by atoms with Crippen molar-refractivity contribution in [2.75, 3.05) is 53.0 Å². The van der Waals surface area contributed by atoms with Crippen LogP contribution in [0.4, 0.5) is 0 Å². The molecule has 6 nitrogen and oxygen atoms in total. The van der Waals surface area contributed by atoms with Crippen molar-refractivity contribution in [1.82, 2.24) is 19.7 Å². The fourth-order valence-corrected chi connectivity index (χ4v) is 4.70. The molecule has 6 heteroatoms. The molecule has 3 aliphatic rings. The fraction of sp³-hybridized carbons (Fsp3) is 0.700. The molecule has 0 bridgehead atoms. The molecule has 1 aromatic rings. The maximum Gasteiger partial charge on any atom is 0.243 e. The van der Waals surface area contributed by atoms with Gasteiger partial charge >= 0.3 is 0 Å².